The number of carbonyl (C=O) groups is 1. The first-order chi connectivity index (χ1) is 8.79. The summed E-state index contributed by atoms with van der Waals surface area (Å²) in [5, 5.41) is 10.9. The number of aromatic nitrogens is 2. The Labute approximate surface area is 110 Å². The first kappa shape index (κ1) is 11.8. The quantitative estimate of drug-likeness (QED) is 0.813. The van der Waals surface area contributed by atoms with Gasteiger partial charge in [-0.1, -0.05) is 5.10 Å². The zero-order chi connectivity index (χ0) is 12.5. The molecule has 3 rings (SSSR count). The number of halogens is 1. The number of rotatable bonds is 3. The van der Waals surface area contributed by atoms with E-state index in [-0.39, 0.29) is 17.9 Å². The lowest BCUT2D eigenvalue weighted by Gasteiger charge is -2.34. The van der Waals surface area contributed by atoms with Gasteiger partial charge in [-0.15, -0.1) is 16.7 Å². The maximum atomic E-state index is 11.7. The molecule has 1 aromatic rings. The maximum Gasteiger partial charge on any atom is 0.318 e. The third-order valence-electron chi connectivity index (χ3n) is 3.61. The molecule has 1 aromatic heterocycles. The van der Waals surface area contributed by atoms with Crippen LogP contribution in [-0.4, -0.2) is 41.1 Å². The Morgan fingerprint density at radius 1 is 1.50 bits per heavy atom. The molecule has 2 unspecified atom stereocenters. The van der Waals surface area contributed by atoms with Crippen LogP contribution in [0.15, 0.2) is 4.42 Å². The molecule has 98 valence electrons. The van der Waals surface area contributed by atoms with Crippen molar-refractivity contribution in [2.75, 3.05) is 23.9 Å². The molecule has 7 heteroatoms. The van der Waals surface area contributed by atoms with Crippen LogP contribution in [0.3, 0.4) is 0 Å². The number of hydrogen-bond acceptors (Lipinski definition) is 5. The number of hydrogen-bond donors (Lipinski definition) is 1. The zero-order valence-electron chi connectivity index (χ0n) is 9.93. The van der Waals surface area contributed by atoms with E-state index in [0.717, 1.165) is 19.4 Å². The molecule has 0 spiro atoms. The van der Waals surface area contributed by atoms with E-state index in [1.807, 2.05) is 0 Å². The fraction of sp³-hybridized carbons (Fsp3) is 0.727. The van der Waals surface area contributed by atoms with E-state index in [1.165, 1.54) is 0 Å². The van der Waals surface area contributed by atoms with Crippen molar-refractivity contribution in [2.45, 2.75) is 25.3 Å². The van der Waals surface area contributed by atoms with Crippen LogP contribution in [0.25, 0.3) is 0 Å². The summed E-state index contributed by atoms with van der Waals surface area (Å²) >= 11 is 5.64. The molecule has 0 radical (unpaired) electrons. The van der Waals surface area contributed by atoms with E-state index >= 15 is 0 Å². The number of anilines is 1. The molecule has 1 N–H and O–H groups in total. The summed E-state index contributed by atoms with van der Waals surface area (Å²) in [6.07, 6.45) is 2.49. The van der Waals surface area contributed by atoms with Gasteiger partial charge in [0.2, 0.25) is 11.8 Å². The van der Waals surface area contributed by atoms with Gasteiger partial charge in [-0.05, 0) is 12.8 Å². The fourth-order valence-electron chi connectivity index (χ4n) is 2.73. The van der Waals surface area contributed by atoms with Gasteiger partial charge in [0, 0.05) is 25.4 Å². The molecule has 2 aliphatic rings. The molecule has 2 saturated heterocycles. The summed E-state index contributed by atoms with van der Waals surface area (Å²) in [6.45, 7) is 1.52. The SMILES string of the molecule is O=C1NCC2C1CCCN2c1nnc(CCCl)o1. The summed E-state index contributed by atoms with van der Waals surface area (Å²) < 4.78 is 5.59. The average Bonchev–Trinajstić information content (AvgIpc) is 2.98. The normalized spacial score (nSPS) is 27.2. The van der Waals surface area contributed by atoms with Crippen molar-refractivity contribution >= 4 is 23.5 Å². The van der Waals surface area contributed by atoms with Crippen molar-refractivity contribution in [3.63, 3.8) is 0 Å². The average molecular weight is 271 g/mol. The minimum atomic E-state index is 0.0575. The van der Waals surface area contributed by atoms with Crippen molar-refractivity contribution in [2.24, 2.45) is 5.92 Å². The van der Waals surface area contributed by atoms with Crippen LogP contribution in [-0.2, 0) is 11.2 Å². The highest BCUT2D eigenvalue weighted by molar-refractivity contribution is 6.17. The highest BCUT2D eigenvalue weighted by Gasteiger charge is 2.42. The second kappa shape index (κ2) is 4.76. The van der Waals surface area contributed by atoms with Crippen LogP contribution in [0.5, 0.6) is 0 Å². The number of nitrogens with one attached hydrogen (secondary N) is 1. The molecule has 18 heavy (non-hydrogen) atoms. The molecule has 2 atom stereocenters. The van der Waals surface area contributed by atoms with Crippen molar-refractivity contribution < 1.29 is 9.21 Å². The number of piperidine rings is 1. The van der Waals surface area contributed by atoms with Crippen molar-refractivity contribution in [1.82, 2.24) is 15.5 Å². The highest BCUT2D eigenvalue weighted by Crippen LogP contribution is 2.30. The van der Waals surface area contributed by atoms with Gasteiger partial charge in [0.05, 0.1) is 12.0 Å². The number of carbonyl (C=O) groups excluding carboxylic acids is 1. The second-order valence-corrected chi connectivity index (χ2v) is 5.05. The molecule has 0 aromatic carbocycles. The van der Waals surface area contributed by atoms with Crippen molar-refractivity contribution in [3.8, 4) is 0 Å². The predicted molar refractivity (Wildman–Crippen MR) is 65.6 cm³/mol. The molecule has 0 aliphatic carbocycles. The Kier molecular flexibility index (Phi) is 3.11. The largest absolute Gasteiger partial charge is 0.408 e. The van der Waals surface area contributed by atoms with E-state index in [1.54, 1.807) is 0 Å². The molecule has 6 nitrogen and oxygen atoms in total. The van der Waals surface area contributed by atoms with Crippen LogP contribution in [0.2, 0.25) is 0 Å². The minimum absolute atomic E-state index is 0.0575. The summed E-state index contributed by atoms with van der Waals surface area (Å²) in [5.41, 5.74) is 0. The number of alkyl halides is 1. The maximum absolute atomic E-state index is 11.7. The Bertz CT molecular complexity index is 450. The summed E-state index contributed by atoms with van der Waals surface area (Å²) in [7, 11) is 0. The molecule has 2 aliphatic heterocycles. The summed E-state index contributed by atoms with van der Waals surface area (Å²) in [6, 6.07) is 0.664. The lowest BCUT2D eigenvalue weighted by Crippen LogP contribution is -2.45. The van der Waals surface area contributed by atoms with Gasteiger partial charge in [0.1, 0.15) is 0 Å². The molecule has 3 heterocycles. The molecule has 0 bridgehead atoms. The zero-order valence-corrected chi connectivity index (χ0v) is 10.7. The monoisotopic (exact) mass is 270 g/mol. The van der Waals surface area contributed by atoms with Gasteiger partial charge in [-0.3, -0.25) is 4.79 Å². The van der Waals surface area contributed by atoms with Gasteiger partial charge in [-0.2, -0.15) is 0 Å². The molecule has 1 amide bonds. The summed E-state index contributed by atoms with van der Waals surface area (Å²) in [4.78, 5) is 13.7. The smallest absolute Gasteiger partial charge is 0.318 e. The Morgan fingerprint density at radius 3 is 3.22 bits per heavy atom. The van der Waals surface area contributed by atoms with Crippen LogP contribution >= 0.6 is 11.6 Å². The van der Waals surface area contributed by atoms with E-state index in [0.29, 0.717) is 30.8 Å². The van der Waals surface area contributed by atoms with E-state index in [4.69, 9.17) is 16.0 Å². The number of aryl methyl sites for hydroxylation is 1. The van der Waals surface area contributed by atoms with Gasteiger partial charge in [0.25, 0.3) is 0 Å². The Balaban J connectivity index is 1.79. The van der Waals surface area contributed by atoms with E-state index in [9.17, 15) is 4.79 Å². The third-order valence-corrected chi connectivity index (χ3v) is 3.80. The lowest BCUT2D eigenvalue weighted by molar-refractivity contribution is -0.123. The molecular formula is C11H15ClN4O2. The predicted octanol–water partition coefficient (Wildman–Crippen LogP) is 0.566. The van der Waals surface area contributed by atoms with Crippen LogP contribution in [0, 0.1) is 5.92 Å². The van der Waals surface area contributed by atoms with Gasteiger partial charge in [0.15, 0.2) is 0 Å². The van der Waals surface area contributed by atoms with Gasteiger partial charge in [-0.25, -0.2) is 0 Å². The van der Waals surface area contributed by atoms with Crippen LogP contribution < -0.4 is 10.2 Å². The van der Waals surface area contributed by atoms with Crippen molar-refractivity contribution in [3.05, 3.63) is 5.89 Å². The number of fused-ring (bicyclic) bond motifs is 1. The summed E-state index contributed by atoms with van der Waals surface area (Å²) in [5.74, 6) is 1.22. The van der Waals surface area contributed by atoms with Gasteiger partial charge >= 0.3 is 6.01 Å². The first-order valence-electron chi connectivity index (χ1n) is 6.22. The van der Waals surface area contributed by atoms with E-state index in [2.05, 4.69) is 20.4 Å². The topological polar surface area (TPSA) is 71.3 Å². The van der Waals surface area contributed by atoms with Crippen LogP contribution in [0.1, 0.15) is 18.7 Å². The van der Waals surface area contributed by atoms with Crippen LogP contribution in [0.4, 0.5) is 6.01 Å². The lowest BCUT2D eigenvalue weighted by atomic mass is 9.92. The van der Waals surface area contributed by atoms with E-state index < -0.39 is 0 Å². The standard InChI is InChI=1S/C11H15ClN4O2/c12-4-3-9-14-15-11(18-9)16-5-1-2-7-8(16)6-13-10(7)17/h7-8H,1-6H2,(H,13,17). The Hall–Kier alpha value is -1.30. The second-order valence-electron chi connectivity index (χ2n) is 4.67. The third kappa shape index (κ3) is 1.94. The molecule has 2 fully saturated rings. The number of amides is 1. The van der Waals surface area contributed by atoms with Gasteiger partial charge < -0.3 is 14.6 Å². The highest BCUT2D eigenvalue weighted by atomic mass is 35.5. The molecule has 0 saturated carbocycles. The minimum Gasteiger partial charge on any atom is -0.408 e. The molecular weight excluding hydrogens is 256 g/mol. The fourth-order valence-corrected chi connectivity index (χ4v) is 2.89. The Morgan fingerprint density at radius 2 is 2.39 bits per heavy atom. The van der Waals surface area contributed by atoms with Crippen molar-refractivity contribution in [1.29, 1.82) is 0 Å². The first-order valence-corrected chi connectivity index (χ1v) is 6.76. The number of nitrogens with zero attached hydrogens (tertiary/aromatic N) is 3.